The molecule has 3 atom stereocenters. The van der Waals surface area contributed by atoms with Gasteiger partial charge >= 0.3 is 0 Å². The molecule has 0 radical (unpaired) electrons. The summed E-state index contributed by atoms with van der Waals surface area (Å²) < 4.78 is 0. The predicted molar refractivity (Wildman–Crippen MR) is 77.8 cm³/mol. The topological polar surface area (TPSA) is 58.4 Å². The first kappa shape index (κ1) is 14.8. The molecule has 0 aromatic rings. The van der Waals surface area contributed by atoms with E-state index in [2.05, 4.69) is 31.2 Å². The summed E-state index contributed by atoms with van der Waals surface area (Å²) in [6, 6.07) is 0.0328. The number of nitrogens with one attached hydrogen (secondary N) is 1. The molecule has 0 aliphatic heterocycles. The van der Waals surface area contributed by atoms with Crippen molar-refractivity contribution in [2.75, 3.05) is 20.6 Å². The zero-order valence-corrected chi connectivity index (χ0v) is 12.6. The zero-order chi connectivity index (χ0) is 14.0. The quantitative estimate of drug-likeness (QED) is 0.808. The van der Waals surface area contributed by atoms with E-state index in [1.807, 2.05) is 0 Å². The van der Waals surface area contributed by atoms with Gasteiger partial charge in [-0.2, -0.15) is 0 Å². The molecule has 0 spiro atoms. The minimum absolute atomic E-state index is 0.0167. The summed E-state index contributed by atoms with van der Waals surface area (Å²) in [5, 5.41) is 3.17. The van der Waals surface area contributed by atoms with E-state index < -0.39 is 0 Å². The number of carbonyl (C=O) groups is 1. The van der Waals surface area contributed by atoms with Crippen LogP contribution in [0.3, 0.4) is 0 Å². The van der Waals surface area contributed by atoms with Gasteiger partial charge in [-0.05, 0) is 52.1 Å². The Hall–Kier alpha value is -0.610. The fraction of sp³-hybridized carbons (Fsp3) is 0.933. The molecule has 1 amide bonds. The van der Waals surface area contributed by atoms with E-state index in [9.17, 15) is 4.79 Å². The van der Waals surface area contributed by atoms with Gasteiger partial charge in [-0.3, -0.25) is 4.79 Å². The molecular formula is C15H29N3O. The van der Waals surface area contributed by atoms with Crippen LogP contribution in [0, 0.1) is 11.8 Å². The first-order valence-electron chi connectivity index (χ1n) is 7.67. The van der Waals surface area contributed by atoms with E-state index in [1.54, 1.807) is 0 Å². The van der Waals surface area contributed by atoms with Crippen molar-refractivity contribution in [3.05, 3.63) is 0 Å². The predicted octanol–water partition coefficient (Wildman–Crippen LogP) is 1.35. The van der Waals surface area contributed by atoms with Crippen LogP contribution < -0.4 is 11.1 Å². The van der Waals surface area contributed by atoms with Gasteiger partial charge in [0.05, 0.1) is 5.92 Å². The number of amides is 1. The monoisotopic (exact) mass is 267 g/mol. The second kappa shape index (κ2) is 5.80. The van der Waals surface area contributed by atoms with Crippen LogP contribution >= 0.6 is 0 Å². The number of hydrogen-bond donors (Lipinski definition) is 2. The Bertz CT molecular complexity index is 325. The molecule has 4 heteroatoms. The van der Waals surface area contributed by atoms with E-state index in [0.29, 0.717) is 5.92 Å². The highest BCUT2D eigenvalue weighted by Gasteiger charge is 2.40. The summed E-state index contributed by atoms with van der Waals surface area (Å²) in [5.74, 6) is 0.659. The van der Waals surface area contributed by atoms with Crippen LogP contribution in [0.5, 0.6) is 0 Å². The van der Waals surface area contributed by atoms with Gasteiger partial charge in [-0.1, -0.05) is 13.3 Å². The van der Waals surface area contributed by atoms with E-state index in [4.69, 9.17) is 5.73 Å². The second-order valence-corrected chi connectivity index (χ2v) is 6.78. The fourth-order valence-electron chi connectivity index (χ4n) is 3.50. The number of likely N-dealkylation sites (N-methyl/N-ethyl adjacent to an activating group) is 1. The zero-order valence-electron chi connectivity index (χ0n) is 12.6. The standard InChI is InChI=1S/C15H29N3O/c1-11-6-4-7-12(13(11)16)14(19)17-10-15(18(2)3)8-5-9-15/h11-13H,4-10,16H2,1-3H3,(H,17,19). The molecule has 3 unspecified atom stereocenters. The Morgan fingerprint density at radius 1 is 1.32 bits per heavy atom. The van der Waals surface area contributed by atoms with Crippen molar-refractivity contribution < 1.29 is 4.79 Å². The molecule has 2 fully saturated rings. The van der Waals surface area contributed by atoms with Crippen LogP contribution in [-0.2, 0) is 4.79 Å². The summed E-state index contributed by atoms with van der Waals surface area (Å²) in [5.41, 5.74) is 6.39. The van der Waals surface area contributed by atoms with Gasteiger partial charge < -0.3 is 16.0 Å². The second-order valence-electron chi connectivity index (χ2n) is 6.78. The summed E-state index contributed by atoms with van der Waals surface area (Å²) >= 11 is 0. The molecule has 0 bridgehead atoms. The van der Waals surface area contributed by atoms with Crippen LogP contribution in [-0.4, -0.2) is 43.0 Å². The number of hydrogen-bond acceptors (Lipinski definition) is 3. The average molecular weight is 267 g/mol. The summed E-state index contributed by atoms with van der Waals surface area (Å²) in [4.78, 5) is 14.6. The summed E-state index contributed by atoms with van der Waals surface area (Å²) in [6.45, 7) is 2.94. The molecule has 0 saturated heterocycles. The number of nitrogens with two attached hydrogens (primary N) is 1. The van der Waals surface area contributed by atoms with Gasteiger partial charge in [0.15, 0.2) is 0 Å². The first-order valence-corrected chi connectivity index (χ1v) is 7.67. The molecule has 2 saturated carbocycles. The molecule has 0 aromatic carbocycles. The number of rotatable bonds is 4. The summed E-state index contributed by atoms with van der Waals surface area (Å²) in [6.07, 6.45) is 6.89. The third kappa shape index (κ3) is 2.95. The Kier molecular flexibility index (Phi) is 4.51. The molecule has 3 N–H and O–H groups in total. The normalized spacial score (nSPS) is 33.8. The molecule has 2 aliphatic rings. The Morgan fingerprint density at radius 3 is 2.53 bits per heavy atom. The number of carbonyl (C=O) groups excluding carboxylic acids is 1. The Balaban J connectivity index is 1.87. The highest BCUT2D eigenvalue weighted by Crippen LogP contribution is 2.35. The van der Waals surface area contributed by atoms with Gasteiger partial charge in [0, 0.05) is 18.1 Å². The smallest absolute Gasteiger partial charge is 0.224 e. The largest absolute Gasteiger partial charge is 0.354 e. The van der Waals surface area contributed by atoms with Crippen LogP contribution in [0.1, 0.15) is 45.4 Å². The van der Waals surface area contributed by atoms with Crippen molar-refractivity contribution >= 4 is 5.91 Å². The Morgan fingerprint density at radius 2 is 2.00 bits per heavy atom. The molecule has 0 heterocycles. The average Bonchev–Trinajstić information content (AvgIpc) is 2.30. The Labute approximate surface area is 117 Å². The van der Waals surface area contributed by atoms with Crippen molar-refractivity contribution in [2.24, 2.45) is 17.6 Å². The van der Waals surface area contributed by atoms with Gasteiger partial charge in [0.1, 0.15) is 0 Å². The SMILES string of the molecule is CC1CCCC(C(=O)NCC2(N(C)C)CCC2)C1N. The van der Waals surface area contributed by atoms with Crippen LogP contribution in [0.25, 0.3) is 0 Å². The van der Waals surface area contributed by atoms with Crippen molar-refractivity contribution in [1.29, 1.82) is 0 Å². The van der Waals surface area contributed by atoms with Crippen molar-refractivity contribution in [3.63, 3.8) is 0 Å². The summed E-state index contributed by atoms with van der Waals surface area (Å²) in [7, 11) is 4.22. The highest BCUT2D eigenvalue weighted by atomic mass is 16.1. The third-order valence-electron chi connectivity index (χ3n) is 5.46. The first-order chi connectivity index (χ1) is 8.96. The lowest BCUT2D eigenvalue weighted by molar-refractivity contribution is -0.128. The van der Waals surface area contributed by atoms with E-state index >= 15 is 0 Å². The third-order valence-corrected chi connectivity index (χ3v) is 5.46. The minimum atomic E-state index is 0.0167. The molecule has 0 aromatic heterocycles. The lowest BCUT2D eigenvalue weighted by Gasteiger charge is -2.47. The number of nitrogens with zero attached hydrogens (tertiary/aromatic N) is 1. The lowest BCUT2D eigenvalue weighted by Crippen LogP contribution is -2.58. The van der Waals surface area contributed by atoms with Crippen molar-refractivity contribution in [2.45, 2.75) is 57.0 Å². The molecule has 110 valence electrons. The van der Waals surface area contributed by atoms with Gasteiger partial charge in [-0.25, -0.2) is 0 Å². The molecule has 4 nitrogen and oxygen atoms in total. The maximum absolute atomic E-state index is 12.4. The molecule has 19 heavy (non-hydrogen) atoms. The maximum Gasteiger partial charge on any atom is 0.224 e. The fourth-order valence-corrected chi connectivity index (χ4v) is 3.50. The van der Waals surface area contributed by atoms with Gasteiger partial charge in [0.2, 0.25) is 5.91 Å². The molecule has 2 aliphatic carbocycles. The van der Waals surface area contributed by atoms with E-state index in [1.165, 1.54) is 19.3 Å². The van der Waals surface area contributed by atoms with Gasteiger partial charge in [0.25, 0.3) is 0 Å². The van der Waals surface area contributed by atoms with Crippen LogP contribution in [0.15, 0.2) is 0 Å². The van der Waals surface area contributed by atoms with E-state index in [0.717, 1.165) is 25.8 Å². The minimum Gasteiger partial charge on any atom is -0.354 e. The van der Waals surface area contributed by atoms with Crippen molar-refractivity contribution in [3.8, 4) is 0 Å². The van der Waals surface area contributed by atoms with Crippen LogP contribution in [0.4, 0.5) is 0 Å². The molecular weight excluding hydrogens is 238 g/mol. The van der Waals surface area contributed by atoms with Crippen LogP contribution in [0.2, 0.25) is 0 Å². The maximum atomic E-state index is 12.4. The van der Waals surface area contributed by atoms with Gasteiger partial charge in [-0.15, -0.1) is 0 Å². The lowest BCUT2D eigenvalue weighted by atomic mass is 9.75. The highest BCUT2D eigenvalue weighted by molar-refractivity contribution is 5.79. The van der Waals surface area contributed by atoms with Crippen molar-refractivity contribution in [1.82, 2.24) is 10.2 Å². The van der Waals surface area contributed by atoms with E-state index in [-0.39, 0.29) is 23.4 Å². The molecule has 2 rings (SSSR count).